The van der Waals surface area contributed by atoms with Crippen LogP contribution in [0.4, 0.5) is 4.79 Å². The molecule has 2 amide bonds. The largest absolute Gasteiger partial charge is 0.486 e. The summed E-state index contributed by atoms with van der Waals surface area (Å²) < 4.78 is 11.1. The van der Waals surface area contributed by atoms with E-state index in [1.165, 1.54) is 5.56 Å². The zero-order valence-electron chi connectivity index (χ0n) is 14.0. The first-order valence-corrected chi connectivity index (χ1v) is 8.11. The summed E-state index contributed by atoms with van der Waals surface area (Å²) in [7, 11) is 0. The molecular weight excluding hydrogens is 304 g/mol. The molecule has 3 rings (SSSR count). The summed E-state index contributed by atoms with van der Waals surface area (Å²) >= 11 is 0. The summed E-state index contributed by atoms with van der Waals surface area (Å²) in [5.41, 5.74) is 3.25. The van der Waals surface area contributed by atoms with Gasteiger partial charge in [0, 0.05) is 6.54 Å². The molecule has 0 aromatic heterocycles. The second-order valence-corrected chi connectivity index (χ2v) is 5.94. The molecule has 5 heteroatoms. The van der Waals surface area contributed by atoms with E-state index in [1.807, 2.05) is 56.3 Å². The molecule has 0 saturated heterocycles. The lowest BCUT2D eigenvalue weighted by molar-refractivity contribution is 0.171. The standard InChI is InChI=1S/C19H22N2O3/c1-13-3-5-15(6-4-13)12-20-19(22)21-14(2)16-7-8-17-18(11-16)24-10-9-23-17/h3-8,11,14H,9-10,12H2,1-2H3,(H2,20,21,22)/t14-/m0/s1. The van der Waals surface area contributed by atoms with Gasteiger partial charge in [-0.3, -0.25) is 0 Å². The molecule has 2 aromatic rings. The topological polar surface area (TPSA) is 59.6 Å². The lowest BCUT2D eigenvalue weighted by atomic mass is 10.1. The van der Waals surface area contributed by atoms with Gasteiger partial charge in [-0.15, -0.1) is 0 Å². The first-order valence-electron chi connectivity index (χ1n) is 8.11. The van der Waals surface area contributed by atoms with Crippen LogP contribution in [-0.4, -0.2) is 19.2 Å². The molecule has 1 heterocycles. The van der Waals surface area contributed by atoms with Crippen LogP contribution in [0.25, 0.3) is 0 Å². The maximum absolute atomic E-state index is 12.1. The third kappa shape index (κ3) is 3.98. The summed E-state index contributed by atoms with van der Waals surface area (Å²) in [6.07, 6.45) is 0. The number of amides is 2. The van der Waals surface area contributed by atoms with Gasteiger partial charge in [0.1, 0.15) is 13.2 Å². The van der Waals surface area contributed by atoms with Gasteiger partial charge in [0.25, 0.3) is 0 Å². The van der Waals surface area contributed by atoms with E-state index in [9.17, 15) is 4.79 Å². The number of fused-ring (bicyclic) bond motifs is 1. The second-order valence-electron chi connectivity index (χ2n) is 5.94. The Hall–Kier alpha value is -2.69. The van der Waals surface area contributed by atoms with E-state index in [4.69, 9.17) is 9.47 Å². The van der Waals surface area contributed by atoms with Crippen molar-refractivity contribution in [1.29, 1.82) is 0 Å². The molecule has 0 radical (unpaired) electrons. The van der Waals surface area contributed by atoms with E-state index in [-0.39, 0.29) is 12.1 Å². The Morgan fingerprint density at radius 3 is 2.54 bits per heavy atom. The fourth-order valence-electron chi connectivity index (χ4n) is 2.55. The van der Waals surface area contributed by atoms with Crippen molar-refractivity contribution in [2.24, 2.45) is 0 Å². The molecule has 126 valence electrons. The highest BCUT2D eigenvalue weighted by molar-refractivity contribution is 5.74. The number of carbonyl (C=O) groups excluding carboxylic acids is 1. The molecule has 2 N–H and O–H groups in total. The molecule has 0 saturated carbocycles. The summed E-state index contributed by atoms with van der Waals surface area (Å²) in [5, 5.41) is 5.81. The summed E-state index contributed by atoms with van der Waals surface area (Å²) in [5.74, 6) is 1.48. The van der Waals surface area contributed by atoms with Gasteiger partial charge < -0.3 is 20.1 Å². The van der Waals surface area contributed by atoms with E-state index in [1.54, 1.807) is 0 Å². The molecule has 0 spiro atoms. The Kier molecular flexibility index (Phi) is 4.89. The SMILES string of the molecule is Cc1ccc(CNC(=O)N[C@@H](C)c2ccc3c(c2)OCCO3)cc1. The smallest absolute Gasteiger partial charge is 0.315 e. The van der Waals surface area contributed by atoms with Crippen molar-refractivity contribution in [1.82, 2.24) is 10.6 Å². The molecule has 0 bridgehead atoms. The molecule has 1 aliphatic heterocycles. The van der Waals surface area contributed by atoms with Crippen molar-refractivity contribution in [2.45, 2.75) is 26.4 Å². The molecular formula is C19H22N2O3. The van der Waals surface area contributed by atoms with Crippen molar-refractivity contribution in [3.05, 3.63) is 59.2 Å². The molecule has 2 aromatic carbocycles. The van der Waals surface area contributed by atoms with Crippen molar-refractivity contribution < 1.29 is 14.3 Å². The van der Waals surface area contributed by atoms with Crippen molar-refractivity contribution in [3.8, 4) is 11.5 Å². The van der Waals surface area contributed by atoms with Crippen LogP contribution in [0.5, 0.6) is 11.5 Å². The van der Waals surface area contributed by atoms with Crippen LogP contribution in [0.3, 0.4) is 0 Å². The molecule has 1 atom stereocenters. The minimum Gasteiger partial charge on any atom is -0.486 e. The molecule has 0 unspecified atom stereocenters. The van der Waals surface area contributed by atoms with Crippen LogP contribution in [0, 0.1) is 6.92 Å². The number of nitrogens with one attached hydrogen (secondary N) is 2. The summed E-state index contributed by atoms with van der Waals surface area (Å²) in [4.78, 5) is 12.1. The first kappa shape index (κ1) is 16.2. The minimum atomic E-state index is -0.196. The average Bonchev–Trinajstić information content (AvgIpc) is 2.61. The molecule has 1 aliphatic rings. The third-order valence-electron chi connectivity index (χ3n) is 3.99. The number of hydrogen-bond acceptors (Lipinski definition) is 3. The average molecular weight is 326 g/mol. The number of ether oxygens (including phenoxy) is 2. The highest BCUT2D eigenvalue weighted by atomic mass is 16.6. The van der Waals surface area contributed by atoms with Gasteiger partial charge in [0.05, 0.1) is 6.04 Å². The Bertz CT molecular complexity index is 713. The number of carbonyl (C=O) groups is 1. The van der Waals surface area contributed by atoms with Gasteiger partial charge in [0.2, 0.25) is 0 Å². The Morgan fingerprint density at radius 2 is 1.79 bits per heavy atom. The third-order valence-corrected chi connectivity index (χ3v) is 3.99. The lowest BCUT2D eigenvalue weighted by Gasteiger charge is -2.21. The van der Waals surface area contributed by atoms with Gasteiger partial charge in [-0.05, 0) is 37.1 Å². The highest BCUT2D eigenvalue weighted by Crippen LogP contribution is 2.32. The van der Waals surface area contributed by atoms with Crippen molar-refractivity contribution in [2.75, 3.05) is 13.2 Å². The number of hydrogen-bond donors (Lipinski definition) is 2. The minimum absolute atomic E-state index is 0.126. The maximum atomic E-state index is 12.1. The zero-order chi connectivity index (χ0) is 16.9. The van der Waals surface area contributed by atoms with Crippen molar-refractivity contribution >= 4 is 6.03 Å². The predicted molar refractivity (Wildman–Crippen MR) is 92.4 cm³/mol. The normalized spacial score (nSPS) is 13.9. The quantitative estimate of drug-likeness (QED) is 0.906. The molecule has 24 heavy (non-hydrogen) atoms. The molecule has 0 fully saturated rings. The second kappa shape index (κ2) is 7.25. The fourth-order valence-corrected chi connectivity index (χ4v) is 2.55. The van der Waals surface area contributed by atoms with Gasteiger partial charge >= 0.3 is 6.03 Å². The fraction of sp³-hybridized carbons (Fsp3) is 0.316. The Balaban J connectivity index is 1.55. The zero-order valence-corrected chi connectivity index (χ0v) is 14.0. The van der Waals surface area contributed by atoms with E-state index in [2.05, 4.69) is 10.6 Å². The van der Waals surface area contributed by atoms with E-state index >= 15 is 0 Å². The van der Waals surface area contributed by atoms with Gasteiger partial charge in [-0.2, -0.15) is 0 Å². The number of aryl methyl sites for hydroxylation is 1. The Labute approximate surface area is 142 Å². The molecule has 0 aliphatic carbocycles. The van der Waals surface area contributed by atoms with Crippen LogP contribution in [0.2, 0.25) is 0 Å². The number of rotatable bonds is 4. The monoisotopic (exact) mass is 326 g/mol. The van der Waals surface area contributed by atoms with Crippen LogP contribution in [0.1, 0.15) is 29.7 Å². The maximum Gasteiger partial charge on any atom is 0.315 e. The van der Waals surface area contributed by atoms with Gasteiger partial charge in [-0.1, -0.05) is 35.9 Å². The van der Waals surface area contributed by atoms with E-state index in [0.717, 1.165) is 22.6 Å². The Morgan fingerprint density at radius 1 is 1.08 bits per heavy atom. The van der Waals surface area contributed by atoms with Crippen LogP contribution < -0.4 is 20.1 Å². The lowest BCUT2D eigenvalue weighted by Crippen LogP contribution is -2.36. The number of benzene rings is 2. The molecule has 5 nitrogen and oxygen atoms in total. The first-order chi connectivity index (χ1) is 11.6. The summed E-state index contributed by atoms with van der Waals surface area (Å²) in [6, 6.07) is 13.5. The van der Waals surface area contributed by atoms with E-state index in [0.29, 0.717) is 19.8 Å². The van der Waals surface area contributed by atoms with E-state index < -0.39 is 0 Å². The predicted octanol–water partition coefficient (Wildman–Crippen LogP) is 3.33. The highest BCUT2D eigenvalue weighted by Gasteiger charge is 2.15. The van der Waals surface area contributed by atoms with Crippen molar-refractivity contribution in [3.63, 3.8) is 0 Å². The van der Waals surface area contributed by atoms with Gasteiger partial charge in [0.15, 0.2) is 11.5 Å². The summed E-state index contributed by atoms with van der Waals surface area (Å²) in [6.45, 7) is 5.60. The van der Waals surface area contributed by atoms with Crippen LogP contribution in [0.15, 0.2) is 42.5 Å². The van der Waals surface area contributed by atoms with Gasteiger partial charge in [-0.25, -0.2) is 4.79 Å². The van der Waals surface area contributed by atoms with Crippen LogP contribution in [-0.2, 0) is 6.54 Å². The van der Waals surface area contributed by atoms with Crippen LogP contribution >= 0.6 is 0 Å². The number of urea groups is 1.